The number of benzene rings is 1. The van der Waals surface area contributed by atoms with Crippen molar-refractivity contribution in [2.24, 2.45) is 11.7 Å². The molecule has 0 fully saturated rings. The maximum absolute atomic E-state index is 11.5. The number of hydrogen-bond donors (Lipinski definition) is 2. The Hall–Kier alpha value is -1.06. The normalized spacial score (nSPS) is 11.8. The molecule has 0 saturated heterocycles. The van der Waals surface area contributed by atoms with Gasteiger partial charge in [0.2, 0.25) is 5.91 Å². The topological polar surface area (TPSA) is 55.1 Å². The van der Waals surface area contributed by atoms with Crippen LogP contribution < -0.4 is 11.1 Å². The maximum atomic E-state index is 11.5. The van der Waals surface area contributed by atoms with Gasteiger partial charge in [-0.15, -0.1) is 12.4 Å². The summed E-state index contributed by atoms with van der Waals surface area (Å²) in [5.74, 6) is 0.114. The second-order valence-electron chi connectivity index (χ2n) is 4.30. The first kappa shape index (κ1) is 15.9. The van der Waals surface area contributed by atoms with E-state index in [4.69, 9.17) is 5.73 Å². The van der Waals surface area contributed by atoms with Gasteiger partial charge in [0.1, 0.15) is 0 Å². The Kier molecular flexibility index (Phi) is 7.59. The van der Waals surface area contributed by atoms with E-state index >= 15 is 0 Å². The summed E-state index contributed by atoms with van der Waals surface area (Å²) in [4.78, 5) is 11.5. The summed E-state index contributed by atoms with van der Waals surface area (Å²) in [7, 11) is 0. The zero-order chi connectivity index (χ0) is 12.0. The van der Waals surface area contributed by atoms with E-state index in [2.05, 4.69) is 17.4 Å². The molecule has 0 spiro atoms. The number of halogens is 1. The van der Waals surface area contributed by atoms with Crippen LogP contribution in [-0.2, 0) is 11.2 Å². The van der Waals surface area contributed by atoms with E-state index in [9.17, 15) is 4.79 Å². The third-order valence-electron chi connectivity index (χ3n) is 2.58. The van der Waals surface area contributed by atoms with Gasteiger partial charge in [-0.3, -0.25) is 4.79 Å². The molecule has 3 N–H and O–H groups in total. The van der Waals surface area contributed by atoms with Crippen molar-refractivity contribution >= 4 is 18.3 Å². The minimum absolute atomic E-state index is 0. The van der Waals surface area contributed by atoms with E-state index in [-0.39, 0.29) is 24.2 Å². The standard InChI is InChI=1S/C13H20N2O.ClH/c1-10(2)12(14)13(16)15-9-8-11-6-4-3-5-7-11;/h3-7,10,12H,8-9,14H2,1-2H3,(H,15,16);1H. The van der Waals surface area contributed by atoms with Gasteiger partial charge in [-0.1, -0.05) is 44.2 Å². The van der Waals surface area contributed by atoms with Gasteiger partial charge < -0.3 is 11.1 Å². The van der Waals surface area contributed by atoms with Crippen LogP contribution >= 0.6 is 12.4 Å². The third-order valence-corrected chi connectivity index (χ3v) is 2.58. The molecule has 1 amide bonds. The molecule has 0 bridgehead atoms. The lowest BCUT2D eigenvalue weighted by atomic mass is 10.0. The van der Waals surface area contributed by atoms with Gasteiger partial charge in [-0.05, 0) is 17.9 Å². The van der Waals surface area contributed by atoms with Crippen molar-refractivity contribution in [1.82, 2.24) is 5.32 Å². The summed E-state index contributed by atoms with van der Waals surface area (Å²) in [6, 6.07) is 9.67. The zero-order valence-corrected chi connectivity index (χ0v) is 11.2. The number of carbonyl (C=O) groups is 1. The van der Waals surface area contributed by atoms with Crippen LogP contribution in [0, 0.1) is 5.92 Å². The molecule has 3 nitrogen and oxygen atoms in total. The molecule has 1 aromatic rings. The highest BCUT2D eigenvalue weighted by Crippen LogP contribution is 2.00. The van der Waals surface area contributed by atoms with E-state index in [1.54, 1.807) is 0 Å². The van der Waals surface area contributed by atoms with Gasteiger partial charge in [0.25, 0.3) is 0 Å². The van der Waals surface area contributed by atoms with Crippen molar-refractivity contribution < 1.29 is 4.79 Å². The molecule has 1 atom stereocenters. The zero-order valence-electron chi connectivity index (χ0n) is 10.3. The van der Waals surface area contributed by atoms with Crippen LogP contribution in [-0.4, -0.2) is 18.5 Å². The van der Waals surface area contributed by atoms with Gasteiger partial charge in [-0.25, -0.2) is 0 Å². The molecule has 0 heterocycles. The summed E-state index contributed by atoms with van der Waals surface area (Å²) < 4.78 is 0. The number of amides is 1. The van der Waals surface area contributed by atoms with Crippen molar-refractivity contribution in [3.05, 3.63) is 35.9 Å². The van der Waals surface area contributed by atoms with Crippen LogP contribution in [0.5, 0.6) is 0 Å². The molecule has 17 heavy (non-hydrogen) atoms. The first-order valence-electron chi connectivity index (χ1n) is 5.68. The highest BCUT2D eigenvalue weighted by Gasteiger charge is 2.15. The second-order valence-corrected chi connectivity index (χ2v) is 4.30. The quantitative estimate of drug-likeness (QED) is 0.843. The van der Waals surface area contributed by atoms with E-state index in [1.165, 1.54) is 5.56 Å². The van der Waals surface area contributed by atoms with E-state index in [0.717, 1.165) is 6.42 Å². The van der Waals surface area contributed by atoms with Crippen LogP contribution in [0.4, 0.5) is 0 Å². The summed E-state index contributed by atoms with van der Waals surface area (Å²) >= 11 is 0. The Labute approximate surface area is 109 Å². The molecule has 4 heteroatoms. The molecular weight excluding hydrogens is 236 g/mol. The predicted molar refractivity (Wildman–Crippen MR) is 73.2 cm³/mol. The summed E-state index contributed by atoms with van der Waals surface area (Å²) in [6.07, 6.45) is 0.845. The molecule has 1 aromatic carbocycles. The second kappa shape index (κ2) is 8.09. The van der Waals surface area contributed by atoms with Crippen molar-refractivity contribution in [3.63, 3.8) is 0 Å². The van der Waals surface area contributed by atoms with Gasteiger partial charge >= 0.3 is 0 Å². The molecule has 0 aliphatic rings. The minimum Gasteiger partial charge on any atom is -0.354 e. The predicted octanol–water partition coefficient (Wildman–Crippen LogP) is 1.75. The monoisotopic (exact) mass is 256 g/mol. The highest BCUT2D eigenvalue weighted by atomic mass is 35.5. The molecular formula is C13H21ClN2O. The van der Waals surface area contributed by atoms with E-state index < -0.39 is 6.04 Å². The maximum Gasteiger partial charge on any atom is 0.237 e. The number of carbonyl (C=O) groups excluding carboxylic acids is 1. The lowest BCUT2D eigenvalue weighted by molar-refractivity contribution is -0.123. The number of nitrogens with two attached hydrogens (primary N) is 1. The molecule has 0 aliphatic heterocycles. The Bertz CT molecular complexity index is 327. The van der Waals surface area contributed by atoms with Gasteiger partial charge in [-0.2, -0.15) is 0 Å². The summed E-state index contributed by atoms with van der Waals surface area (Å²) in [5.41, 5.74) is 6.95. The van der Waals surface area contributed by atoms with Crippen LogP contribution in [0.3, 0.4) is 0 Å². The SMILES string of the molecule is CC(C)C(N)C(=O)NCCc1ccccc1.Cl. The largest absolute Gasteiger partial charge is 0.354 e. The molecule has 0 aliphatic carbocycles. The number of rotatable bonds is 5. The Balaban J connectivity index is 0.00000256. The summed E-state index contributed by atoms with van der Waals surface area (Å²) in [6.45, 7) is 4.53. The molecule has 0 radical (unpaired) electrons. The van der Waals surface area contributed by atoms with E-state index in [0.29, 0.717) is 6.54 Å². The van der Waals surface area contributed by atoms with Crippen molar-refractivity contribution in [3.8, 4) is 0 Å². The number of nitrogens with one attached hydrogen (secondary N) is 1. The van der Waals surface area contributed by atoms with Crippen molar-refractivity contribution in [2.45, 2.75) is 26.3 Å². The van der Waals surface area contributed by atoms with Crippen molar-refractivity contribution in [2.75, 3.05) is 6.54 Å². The lowest BCUT2D eigenvalue weighted by Crippen LogP contribution is -2.44. The molecule has 1 unspecified atom stereocenters. The molecule has 96 valence electrons. The Morgan fingerprint density at radius 2 is 1.88 bits per heavy atom. The van der Waals surface area contributed by atoms with Crippen LogP contribution in [0.15, 0.2) is 30.3 Å². The first-order valence-corrected chi connectivity index (χ1v) is 5.68. The summed E-state index contributed by atoms with van der Waals surface area (Å²) in [5, 5.41) is 2.85. The average molecular weight is 257 g/mol. The van der Waals surface area contributed by atoms with Gasteiger partial charge in [0.15, 0.2) is 0 Å². The first-order chi connectivity index (χ1) is 7.61. The van der Waals surface area contributed by atoms with Crippen LogP contribution in [0.2, 0.25) is 0 Å². The molecule has 1 rings (SSSR count). The van der Waals surface area contributed by atoms with Gasteiger partial charge in [0, 0.05) is 6.54 Å². The van der Waals surface area contributed by atoms with Crippen molar-refractivity contribution in [1.29, 1.82) is 0 Å². The van der Waals surface area contributed by atoms with Gasteiger partial charge in [0.05, 0.1) is 6.04 Å². The fraction of sp³-hybridized carbons (Fsp3) is 0.462. The van der Waals surface area contributed by atoms with E-state index in [1.807, 2.05) is 32.0 Å². The Morgan fingerprint density at radius 1 is 1.29 bits per heavy atom. The number of hydrogen-bond acceptors (Lipinski definition) is 2. The van der Waals surface area contributed by atoms with Crippen LogP contribution in [0.1, 0.15) is 19.4 Å². The molecule has 0 aromatic heterocycles. The average Bonchev–Trinajstić information content (AvgIpc) is 2.29. The molecule has 0 saturated carbocycles. The fourth-order valence-electron chi connectivity index (χ4n) is 1.40. The lowest BCUT2D eigenvalue weighted by Gasteiger charge is -2.15. The highest BCUT2D eigenvalue weighted by molar-refractivity contribution is 5.85. The fourth-order valence-corrected chi connectivity index (χ4v) is 1.40. The minimum atomic E-state index is -0.407. The third kappa shape index (κ3) is 5.71. The smallest absolute Gasteiger partial charge is 0.237 e. The van der Waals surface area contributed by atoms with Crippen LogP contribution in [0.25, 0.3) is 0 Å². The Morgan fingerprint density at radius 3 is 2.41 bits per heavy atom.